The van der Waals surface area contributed by atoms with Crippen molar-refractivity contribution in [2.75, 3.05) is 31.6 Å². The van der Waals surface area contributed by atoms with Crippen LogP contribution in [0.15, 0.2) is 35.4 Å². The molecule has 1 amide bonds. The standard InChI is InChI=1S/C23H27N5O5S/c1-14(2)28-22-18(13-24-28)17(12-19(25-22)15-3-4-15)23(30)26-20-11-16(5-6-21(20)29)34(31,32)27-7-9-33-10-8-27/h5-6,11-15,29H,3-4,7-10H2,1-2H3,(H,26,30). The predicted molar refractivity (Wildman–Crippen MR) is 126 cm³/mol. The summed E-state index contributed by atoms with van der Waals surface area (Å²) in [6.07, 6.45) is 3.67. The summed E-state index contributed by atoms with van der Waals surface area (Å²) in [6.45, 7) is 5.15. The number of ether oxygens (including phenoxy) is 1. The van der Waals surface area contributed by atoms with Crippen molar-refractivity contribution < 1.29 is 23.1 Å². The van der Waals surface area contributed by atoms with E-state index in [1.54, 1.807) is 16.9 Å². The molecule has 0 radical (unpaired) electrons. The molecule has 2 aromatic heterocycles. The number of benzene rings is 1. The first kappa shape index (κ1) is 22.8. The Hall–Kier alpha value is -3.02. The first-order valence-electron chi connectivity index (χ1n) is 11.4. The van der Waals surface area contributed by atoms with E-state index in [0.29, 0.717) is 35.7 Å². The van der Waals surface area contributed by atoms with Crippen molar-refractivity contribution in [2.45, 2.75) is 43.5 Å². The maximum atomic E-state index is 13.4. The van der Waals surface area contributed by atoms with Crippen LogP contribution in [0.5, 0.6) is 5.75 Å². The van der Waals surface area contributed by atoms with Gasteiger partial charge in [0.1, 0.15) is 5.75 Å². The molecule has 5 rings (SSSR count). The first-order chi connectivity index (χ1) is 16.3. The number of rotatable bonds is 6. The number of morpholine rings is 1. The summed E-state index contributed by atoms with van der Waals surface area (Å²) in [4.78, 5) is 18.1. The molecule has 3 aromatic rings. The van der Waals surface area contributed by atoms with Crippen molar-refractivity contribution >= 4 is 32.7 Å². The second kappa shape index (κ2) is 8.64. The number of aromatic nitrogens is 3. The van der Waals surface area contributed by atoms with Crippen LogP contribution in [-0.2, 0) is 14.8 Å². The van der Waals surface area contributed by atoms with Crippen LogP contribution >= 0.6 is 0 Å². The summed E-state index contributed by atoms with van der Waals surface area (Å²) in [5.41, 5.74) is 1.89. The van der Waals surface area contributed by atoms with Crippen LogP contribution < -0.4 is 5.32 Å². The smallest absolute Gasteiger partial charge is 0.256 e. The molecule has 10 nitrogen and oxygen atoms in total. The molecule has 0 bridgehead atoms. The molecule has 0 atom stereocenters. The minimum absolute atomic E-state index is 0.00586. The van der Waals surface area contributed by atoms with Gasteiger partial charge in [-0.1, -0.05) is 0 Å². The number of fused-ring (bicyclic) bond motifs is 1. The molecule has 1 aromatic carbocycles. The van der Waals surface area contributed by atoms with Gasteiger partial charge >= 0.3 is 0 Å². The Morgan fingerprint density at radius 3 is 2.62 bits per heavy atom. The molecule has 180 valence electrons. The maximum Gasteiger partial charge on any atom is 0.256 e. The number of amides is 1. The fourth-order valence-corrected chi connectivity index (χ4v) is 5.53. The second-order valence-electron chi connectivity index (χ2n) is 8.94. The number of carbonyl (C=O) groups excluding carboxylic acids is 1. The molecule has 1 saturated carbocycles. The fraction of sp³-hybridized carbons (Fsp3) is 0.435. The highest BCUT2D eigenvalue weighted by Crippen LogP contribution is 2.40. The summed E-state index contributed by atoms with van der Waals surface area (Å²) in [5, 5.41) is 18.1. The zero-order valence-electron chi connectivity index (χ0n) is 19.1. The van der Waals surface area contributed by atoms with E-state index in [9.17, 15) is 18.3 Å². The van der Waals surface area contributed by atoms with Crippen molar-refractivity contribution in [1.29, 1.82) is 0 Å². The Balaban J connectivity index is 1.50. The Bertz CT molecular complexity index is 1360. The van der Waals surface area contributed by atoms with Gasteiger partial charge in [0.15, 0.2) is 5.65 Å². The van der Waals surface area contributed by atoms with Crippen molar-refractivity contribution in [3.05, 3.63) is 41.7 Å². The van der Waals surface area contributed by atoms with E-state index < -0.39 is 15.9 Å². The molecule has 2 aliphatic rings. The number of aromatic hydroxyl groups is 1. The first-order valence-corrected chi connectivity index (χ1v) is 12.8. The Kier molecular flexibility index (Phi) is 5.78. The van der Waals surface area contributed by atoms with Gasteiger partial charge in [-0.2, -0.15) is 9.40 Å². The number of anilines is 1. The van der Waals surface area contributed by atoms with Crippen molar-refractivity contribution in [3.8, 4) is 5.75 Å². The summed E-state index contributed by atoms with van der Waals surface area (Å²) >= 11 is 0. The summed E-state index contributed by atoms with van der Waals surface area (Å²) < 4.78 is 34.4. The van der Waals surface area contributed by atoms with Gasteiger partial charge in [0, 0.05) is 30.7 Å². The topological polar surface area (TPSA) is 127 Å². The van der Waals surface area contributed by atoms with E-state index in [1.807, 2.05) is 13.8 Å². The van der Waals surface area contributed by atoms with E-state index >= 15 is 0 Å². The number of sulfonamides is 1. The van der Waals surface area contributed by atoms with Crippen LogP contribution in [0.25, 0.3) is 11.0 Å². The molecule has 0 unspecified atom stereocenters. The van der Waals surface area contributed by atoms with Crippen LogP contribution in [0.3, 0.4) is 0 Å². The number of nitrogens with one attached hydrogen (secondary N) is 1. The Morgan fingerprint density at radius 1 is 1.21 bits per heavy atom. The van der Waals surface area contributed by atoms with Crippen LogP contribution in [0.2, 0.25) is 0 Å². The van der Waals surface area contributed by atoms with Gasteiger partial charge in [0.05, 0.1) is 40.9 Å². The van der Waals surface area contributed by atoms with Gasteiger partial charge < -0.3 is 15.2 Å². The van der Waals surface area contributed by atoms with E-state index in [0.717, 1.165) is 18.5 Å². The monoisotopic (exact) mass is 485 g/mol. The molecule has 1 aliphatic carbocycles. The quantitative estimate of drug-likeness (QED) is 0.514. The number of hydrogen-bond acceptors (Lipinski definition) is 7. The number of hydrogen-bond donors (Lipinski definition) is 2. The van der Waals surface area contributed by atoms with Crippen LogP contribution in [0, 0.1) is 0 Å². The number of pyridine rings is 1. The molecule has 2 fully saturated rings. The third-order valence-corrected chi connectivity index (χ3v) is 8.03. The lowest BCUT2D eigenvalue weighted by Gasteiger charge is -2.26. The highest BCUT2D eigenvalue weighted by molar-refractivity contribution is 7.89. The molecule has 2 N–H and O–H groups in total. The SMILES string of the molecule is CC(C)n1ncc2c(C(=O)Nc3cc(S(=O)(=O)N4CCOCC4)ccc3O)cc(C3CC3)nc21. The van der Waals surface area contributed by atoms with Gasteiger partial charge in [0.2, 0.25) is 10.0 Å². The van der Waals surface area contributed by atoms with E-state index in [1.165, 1.54) is 22.5 Å². The molecule has 1 saturated heterocycles. The van der Waals surface area contributed by atoms with Crippen molar-refractivity contribution in [1.82, 2.24) is 19.1 Å². The lowest BCUT2D eigenvalue weighted by molar-refractivity contribution is 0.0730. The molecule has 11 heteroatoms. The minimum atomic E-state index is -3.78. The predicted octanol–water partition coefficient (Wildman–Crippen LogP) is 2.87. The molecular weight excluding hydrogens is 458 g/mol. The average molecular weight is 486 g/mol. The van der Waals surface area contributed by atoms with Gasteiger partial charge in [-0.3, -0.25) is 4.79 Å². The van der Waals surface area contributed by atoms with Crippen LogP contribution in [0.4, 0.5) is 5.69 Å². The third kappa shape index (κ3) is 4.15. The van der Waals surface area contributed by atoms with Crippen LogP contribution in [0.1, 0.15) is 54.7 Å². The largest absolute Gasteiger partial charge is 0.506 e. The lowest BCUT2D eigenvalue weighted by Crippen LogP contribution is -2.40. The number of phenols is 1. The van der Waals surface area contributed by atoms with Gasteiger partial charge in [-0.15, -0.1) is 0 Å². The number of phenolic OH excluding ortho intramolecular Hbond substituents is 1. The summed E-state index contributed by atoms with van der Waals surface area (Å²) in [5.74, 6) is -0.365. The van der Waals surface area contributed by atoms with Gasteiger partial charge in [-0.25, -0.2) is 18.1 Å². The van der Waals surface area contributed by atoms with Gasteiger partial charge in [0.25, 0.3) is 5.91 Å². The molecular formula is C23H27N5O5S. The highest BCUT2D eigenvalue weighted by atomic mass is 32.2. The van der Waals surface area contributed by atoms with Crippen LogP contribution in [-0.4, -0.2) is 64.8 Å². The second-order valence-corrected chi connectivity index (χ2v) is 10.9. The third-order valence-electron chi connectivity index (χ3n) is 6.14. The minimum Gasteiger partial charge on any atom is -0.506 e. The maximum absolute atomic E-state index is 13.4. The fourth-order valence-electron chi connectivity index (χ4n) is 4.09. The summed E-state index contributed by atoms with van der Waals surface area (Å²) in [7, 11) is -3.78. The normalized spacial score (nSPS) is 17.4. The van der Waals surface area contributed by atoms with Gasteiger partial charge in [-0.05, 0) is 51.0 Å². The summed E-state index contributed by atoms with van der Waals surface area (Å²) in [6, 6.07) is 5.74. The molecule has 3 heterocycles. The zero-order valence-corrected chi connectivity index (χ0v) is 19.9. The molecule has 1 aliphatic heterocycles. The number of nitrogens with zero attached hydrogens (tertiary/aromatic N) is 4. The Morgan fingerprint density at radius 2 is 1.94 bits per heavy atom. The highest BCUT2D eigenvalue weighted by Gasteiger charge is 2.29. The molecule has 0 spiro atoms. The van der Waals surface area contributed by atoms with E-state index in [-0.39, 0.29) is 35.5 Å². The van der Waals surface area contributed by atoms with Crippen molar-refractivity contribution in [3.63, 3.8) is 0 Å². The average Bonchev–Trinajstić information content (AvgIpc) is 3.58. The zero-order chi connectivity index (χ0) is 24.0. The number of carbonyl (C=O) groups is 1. The lowest BCUT2D eigenvalue weighted by atomic mass is 10.1. The van der Waals surface area contributed by atoms with E-state index in [4.69, 9.17) is 9.72 Å². The molecule has 34 heavy (non-hydrogen) atoms. The Labute approximate surface area is 197 Å². The van der Waals surface area contributed by atoms with E-state index in [2.05, 4.69) is 10.4 Å². The van der Waals surface area contributed by atoms with Crippen molar-refractivity contribution in [2.24, 2.45) is 0 Å².